The van der Waals surface area contributed by atoms with Crippen LogP contribution in [0.2, 0.25) is 0 Å². The zero-order chi connectivity index (χ0) is 25.5. The van der Waals surface area contributed by atoms with E-state index in [2.05, 4.69) is 33.2 Å². The Kier molecular flexibility index (Phi) is 9.06. The predicted molar refractivity (Wildman–Crippen MR) is 145 cm³/mol. The van der Waals surface area contributed by atoms with E-state index in [1.54, 1.807) is 0 Å². The molecular formula is C28H28F2IN3O2. The highest BCUT2D eigenvalue weighted by atomic mass is 127. The van der Waals surface area contributed by atoms with Crippen molar-refractivity contribution in [2.75, 3.05) is 6.54 Å². The molecule has 0 saturated carbocycles. The number of para-hydroxylation sites is 1. The standard InChI is InChI=1S/C28H28F2IN3O2/c29-22-12-20(13-23(30)16-22)15-25(27(35)18-32-17-19-4-3-6-24(31)14-19)33-28(36)9-11-34-10-8-21-5-1-2-7-26(21)34/h1-8,10,12-14,16,25,27,32,35H,9,11,15,17-18H2,(H,33,36). The molecule has 0 spiro atoms. The number of benzene rings is 3. The highest BCUT2D eigenvalue weighted by Crippen LogP contribution is 2.16. The topological polar surface area (TPSA) is 66.3 Å². The second kappa shape index (κ2) is 12.4. The van der Waals surface area contributed by atoms with Crippen molar-refractivity contribution in [3.63, 3.8) is 0 Å². The van der Waals surface area contributed by atoms with Crippen LogP contribution in [0.4, 0.5) is 8.78 Å². The second-order valence-electron chi connectivity index (χ2n) is 8.80. The minimum atomic E-state index is -0.963. The Morgan fingerprint density at radius 2 is 1.75 bits per heavy atom. The van der Waals surface area contributed by atoms with Gasteiger partial charge in [-0.25, -0.2) is 8.78 Å². The van der Waals surface area contributed by atoms with E-state index in [1.165, 1.54) is 12.1 Å². The maximum absolute atomic E-state index is 13.8. The van der Waals surface area contributed by atoms with Gasteiger partial charge in [0.05, 0.1) is 12.1 Å². The quantitative estimate of drug-likeness (QED) is 0.216. The maximum Gasteiger partial charge on any atom is 0.222 e. The predicted octanol–water partition coefficient (Wildman–Crippen LogP) is 4.79. The smallest absolute Gasteiger partial charge is 0.222 e. The first-order valence-corrected chi connectivity index (χ1v) is 12.9. The van der Waals surface area contributed by atoms with Gasteiger partial charge in [0.1, 0.15) is 11.6 Å². The van der Waals surface area contributed by atoms with Crippen molar-refractivity contribution < 1.29 is 18.7 Å². The van der Waals surface area contributed by atoms with Gasteiger partial charge in [0.25, 0.3) is 0 Å². The summed E-state index contributed by atoms with van der Waals surface area (Å²) < 4.78 is 30.6. The van der Waals surface area contributed by atoms with Crippen molar-refractivity contribution in [3.05, 3.63) is 105 Å². The number of aliphatic hydroxyl groups excluding tert-OH is 1. The van der Waals surface area contributed by atoms with Crippen LogP contribution in [0.15, 0.2) is 79.0 Å². The first-order chi connectivity index (χ1) is 17.4. The summed E-state index contributed by atoms with van der Waals surface area (Å²) >= 11 is 2.24. The number of nitrogens with one attached hydrogen (secondary N) is 2. The van der Waals surface area contributed by atoms with Crippen LogP contribution >= 0.6 is 22.6 Å². The molecule has 0 fully saturated rings. The fourth-order valence-electron chi connectivity index (χ4n) is 4.26. The van der Waals surface area contributed by atoms with E-state index >= 15 is 0 Å². The number of aromatic nitrogens is 1. The second-order valence-corrected chi connectivity index (χ2v) is 10.0. The Morgan fingerprint density at radius 3 is 2.53 bits per heavy atom. The number of carbonyl (C=O) groups excluding carboxylic acids is 1. The minimum absolute atomic E-state index is 0.0962. The van der Waals surface area contributed by atoms with Gasteiger partial charge >= 0.3 is 0 Å². The highest BCUT2D eigenvalue weighted by Gasteiger charge is 2.22. The van der Waals surface area contributed by atoms with Crippen molar-refractivity contribution >= 4 is 39.4 Å². The van der Waals surface area contributed by atoms with E-state index < -0.39 is 23.8 Å². The largest absolute Gasteiger partial charge is 0.390 e. The Hall–Kier alpha value is -2.82. The summed E-state index contributed by atoms with van der Waals surface area (Å²) in [5.41, 5.74) is 2.48. The van der Waals surface area contributed by atoms with Gasteiger partial charge in [-0.1, -0.05) is 30.3 Å². The SMILES string of the molecule is O=C(CCn1ccc2ccccc21)NC(Cc1cc(F)cc(F)c1)C(O)CNCc1cccc(I)c1. The van der Waals surface area contributed by atoms with Crippen molar-refractivity contribution in [1.29, 1.82) is 0 Å². The Bertz CT molecular complexity index is 1310. The average Bonchev–Trinajstić information content (AvgIpc) is 3.25. The van der Waals surface area contributed by atoms with Crippen LogP contribution in [0.5, 0.6) is 0 Å². The zero-order valence-corrected chi connectivity index (χ0v) is 21.8. The highest BCUT2D eigenvalue weighted by molar-refractivity contribution is 14.1. The molecule has 1 aromatic heterocycles. The van der Waals surface area contributed by atoms with Crippen LogP contribution in [-0.4, -0.2) is 34.3 Å². The lowest BCUT2D eigenvalue weighted by Crippen LogP contribution is -2.48. The van der Waals surface area contributed by atoms with E-state index in [1.807, 2.05) is 65.4 Å². The molecule has 0 saturated heterocycles. The summed E-state index contributed by atoms with van der Waals surface area (Å²) in [5.74, 6) is -1.63. The Morgan fingerprint density at radius 1 is 0.972 bits per heavy atom. The number of halogens is 3. The van der Waals surface area contributed by atoms with Crippen molar-refractivity contribution in [2.24, 2.45) is 0 Å². The van der Waals surface area contributed by atoms with Gasteiger partial charge in [-0.05, 0) is 81.9 Å². The molecule has 0 aliphatic rings. The molecule has 0 aliphatic carbocycles. The molecule has 1 amide bonds. The molecule has 2 unspecified atom stereocenters. The summed E-state index contributed by atoms with van der Waals surface area (Å²) in [6.07, 6.45) is 1.28. The molecule has 0 radical (unpaired) electrons. The molecule has 8 heteroatoms. The normalized spacial score (nSPS) is 13.0. The summed E-state index contributed by atoms with van der Waals surface area (Å²) in [7, 11) is 0. The average molecular weight is 603 g/mol. The van der Waals surface area contributed by atoms with Crippen LogP contribution in [0.25, 0.3) is 10.9 Å². The van der Waals surface area contributed by atoms with E-state index in [-0.39, 0.29) is 25.3 Å². The molecule has 0 aliphatic heterocycles. The fraction of sp³-hybridized carbons (Fsp3) is 0.250. The van der Waals surface area contributed by atoms with Gasteiger partial charge in [0.15, 0.2) is 0 Å². The monoisotopic (exact) mass is 603 g/mol. The number of amides is 1. The number of carbonyl (C=O) groups is 1. The van der Waals surface area contributed by atoms with Crippen LogP contribution in [-0.2, 0) is 24.3 Å². The van der Waals surface area contributed by atoms with Gasteiger partial charge < -0.3 is 20.3 Å². The van der Waals surface area contributed by atoms with Crippen molar-refractivity contribution in [1.82, 2.24) is 15.2 Å². The van der Waals surface area contributed by atoms with Crippen molar-refractivity contribution in [2.45, 2.75) is 38.1 Å². The third-order valence-electron chi connectivity index (χ3n) is 6.02. The molecule has 5 nitrogen and oxygen atoms in total. The van der Waals surface area contributed by atoms with Crippen LogP contribution in [0, 0.1) is 15.2 Å². The van der Waals surface area contributed by atoms with Gasteiger partial charge in [-0.2, -0.15) is 0 Å². The Balaban J connectivity index is 1.40. The summed E-state index contributed by atoms with van der Waals surface area (Å²) in [6, 6.07) is 20.4. The minimum Gasteiger partial charge on any atom is -0.390 e. The summed E-state index contributed by atoms with van der Waals surface area (Å²) in [6.45, 7) is 1.22. The number of aliphatic hydroxyl groups is 1. The number of rotatable bonds is 11. The van der Waals surface area contributed by atoms with E-state index in [4.69, 9.17) is 0 Å². The lowest BCUT2D eigenvalue weighted by atomic mass is 10.0. The van der Waals surface area contributed by atoms with E-state index in [9.17, 15) is 18.7 Å². The number of hydrogen-bond acceptors (Lipinski definition) is 3. The lowest BCUT2D eigenvalue weighted by Gasteiger charge is -2.25. The Labute approximate surface area is 222 Å². The molecule has 36 heavy (non-hydrogen) atoms. The van der Waals surface area contributed by atoms with Gasteiger partial charge in [0.2, 0.25) is 5.91 Å². The molecule has 1 heterocycles. The third kappa shape index (κ3) is 7.35. The molecular weight excluding hydrogens is 575 g/mol. The molecule has 0 bridgehead atoms. The van der Waals surface area contributed by atoms with Crippen molar-refractivity contribution in [3.8, 4) is 0 Å². The summed E-state index contributed by atoms with van der Waals surface area (Å²) in [5, 5.41) is 18.1. The lowest BCUT2D eigenvalue weighted by molar-refractivity contribution is -0.122. The molecule has 188 valence electrons. The van der Waals surface area contributed by atoms with Gasteiger partial charge in [0, 0.05) is 47.4 Å². The maximum atomic E-state index is 13.8. The first-order valence-electron chi connectivity index (χ1n) is 11.8. The van der Waals surface area contributed by atoms with Crippen LogP contribution in [0.1, 0.15) is 17.5 Å². The zero-order valence-electron chi connectivity index (χ0n) is 19.6. The fourth-order valence-corrected chi connectivity index (χ4v) is 4.86. The first kappa shape index (κ1) is 26.2. The molecule has 4 rings (SSSR count). The number of nitrogens with zero attached hydrogens (tertiary/aromatic N) is 1. The van der Waals surface area contributed by atoms with E-state index in [0.717, 1.165) is 26.1 Å². The number of aryl methyl sites for hydroxylation is 1. The number of hydrogen-bond donors (Lipinski definition) is 3. The van der Waals surface area contributed by atoms with E-state index in [0.29, 0.717) is 18.7 Å². The van der Waals surface area contributed by atoms with Crippen LogP contribution in [0.3, 0.4) is 0 Å². The summed E-state index contributed by atoms with van der Waals surface area (Å²) in [4.78, 5) is 12.8. The number of fused-ring (bicyclic) bond motifs is 1. The van der Waals surface area contributed by atoms with Gasteiger partial charge in [-0.15, -0.1) is 0 Å². The van der Waals surface area contributed by atoms with Crippen LogP contribution < -0.4 is 10.6 Å². The molecule has 3 aromatic carbocycles. The molecule has 4 aromatic rings. The van der Waals surface area contributed by atoms with Gasteiger partial charge in [-0.3, -0.25) is 4.79 Å². The molecule has 3 N–H and O–H groups in total. The molecule has 2 atom stereocenters. The third-order valence-corrected chi connectivity index (χ3v) is 6.69.